The molecule has 1 heterocycles. The second-order valence-electron chi connectivity index (χ2n) is 3.50. The van der Waals surface area contributed by atoms with Crippen molar-refractivity contribution in [3.63, 3.8) is 0 Å². The fourth-order valence-corrected chi connectivity index (χ4v) is 2.22. The van der Waals surface area contributed by atoms with Gasteiger partial charge in [-0.15, -0.1) is 11.3 Å². The highest BCUT2D eigenvalue weighted by atomic mass is 35.5. The maximum absolute atomic E-state index is 5.83. The third kappa shape index (κ3) is 4.42. The molecule has 1 rings (SSSR count). The molecule has 4 heteroatoms. The smallest absolute Gasteiger partial charge is 0.0931 e. The molecule has 1 aromatic rings. The normalized spacial score (nSPS) is 13.1. The molecule has 0 aliphatic heterocycles. The molecular weight excluding hydrogens is 216 g/mol. The maximum Gasteiger partial charge on any atom is 0.0931 e. The van der Waals surface area contributed by atoms with E-state index in [0.29, 0.717) is 5.92 Å². The quantitative estimate of drug-likeness (QED) is 0.738. The van der Waals surface area contributed by atoms with Crippen LogP contribution in [-0.2, 0) is 6.42 Å². The molecule has 0 bridgehead atoms. The average molecular weight is 233 g/mol. The summed E-state index contributed by atoms with van der Waals surface area (Å²) in [4.78, 5) is 1.34. The van der Waals surface area contributed by atoms with Crippen LogP contribution in [0.4, 0.5) is 0 Å². The number of halogens is 1. The van der Waals surface area contributed by atoms with Gasteiger partial charge in [0.15, 0.2) is 0 Å². The molecule has 0 aliphatic rings. The molecule has 0 aromatic carbocycles. The van der Waals surface area contributed by atoms with Crippen molar-refractivity contribution in [2.24, 2.45) is 11.7 Å². The van der Waals surface area contributed by atoms with E-state index in [0.717, 1.165) is 30.4 Å². The van der Waals surface area contributed by atoms with Gasteiger partial charge in [-0.1, -0.05) is 18.5 Å². The lowest BCUT2D eigenvalue weighted by atomic mass is 10.2. The molecule has 0 saturated carbocycles. The minimum atomic E-state index is 0.557. The van der Waals surface area contributed by atoms with Crippen molar-refractivity contribution in [2.75, 3.05) is 19.6 Å². The predicted molar refractivity (Wildman–Crippen MR) is 64.1 cm³/mol. The first-order valence-corrected chi connectivity index (χ1v) is 6.07. The molecule has 0 amide bonds. The van der Waals surface area contributed by atoms with Crippen molar-refractivity contribution < 1.29 is 0 Å². The summed E-state index contributed by atoms with van der Waals surface area (Å²) < 4.78 is 0.871. The highest BCUT2D eigenvalue weighted by Crippen LogP contribution is 2.21. The topological polar surface area (TPSA) is 38.0 Å². The van der Waals surface area contributed by atoms with Gasteiger partial charge in [0.1, 0.15) is 0 Å². The van der Waals surface area contributed by atoms with Crippen molar-refractivity contribution in [1.82, 2.24) is 5.32 Å². The summed E-state index contributed by atoms with van der Waals surface area (Å²) in [5.41, 5.74) is 5.51. The Morgan fingerprint density at radius 2 is 2.36 bits per heavy atom. The van der Waals surface area contributed by atoms with Crippen LogP contribution in [0.15, 0.2) is 12.1 Å². The molecule has 0 saturated heterocycles. The van der Waals surface area contributed by atoms with E-state index in [1.165, 1.54) is 4.88 Å². The highest BCUT2D eigenvalue weighted by Gasteiger charge is 1.99. The minimum Gasteiger partial charge on any atom is -0.330 e. The number of rotatable bonds is 6. The fourth-order valence-electron chi connectivity index (χ4n) is 1.13. The van der Waals surface area contributed by atoms with E-state index in [1.807, 2.05) is 6.07 Å². The Morgan fingerprint density at radius 1 is 1.57 bits per heavy atom. The molecule has 1 unspecified atom stereocenters. The number of nitrogens with one attached hydrogen (secondary N) is 1. The van der Waals surface area contributed by atoms with E-state index >= 15 is 0 Å². The standard InChI is InChI=1S/C10H17ClN2S/c1-8(6-12)7-13-5-4-9-2-3-10(11)14-9/h2-3,8,13H,4-7,12H2,1H3. The highest BCUT2D eigenvalue weighted by molar-refractivity contribution is 7.16. The second kappa shape index (κ2) is 6.40. The lowest BCUT2D eigenvalue weighted by Gasteiger charge is -2.08. The van der Waals surface area contributed by atoms with Gasteiger partial charge in [0.05, 0.1) is 4.34 Å². The summed E-state index contributed by atoms with van der Waals surface area (Å²) in [6.07, 6.45) is 1.05. The van der Waals surface area contributed by atoms with Gasteiger partial charge in [0, 0.05) is 4.88 Å². The van der Waals surface area contributed by atoms with Crippen LogP contribution in [0.5, 0.6) is 0 Å². The molecule has 0 aliphatic carbocycles. The molecule has 3 N–H and O–H groups in total. The molecule has 1 aromatic heterocycles. The average Bonchev–Trinajstić information content (AvgIpc) is 2.58. The number of nitrogens with two attached hydrogens (primary N) is 1. The third-order valence-corrected chi connectivity index (χ3v) is 3.36. The van der Waals surface area contributed by atoms with Crippen LogP contribution < -0.4 is 11.1 Å². The predicted octanol–water partition coefficient (Wildman–Crippen LogP) is 2.13. The SMILES string of the molecule is CC(CN)CNCCc1ccc(Cl)s1. The van der Waals surface area contributed by atoms with Crippen LogP contribution in [0.1, 0.15) is 11.8 Å². The van der Waals surface area contributed by atoms with Gasteiger partial charge in [-0.25, -0.2) is 0 Å². The van der Waals surface area contributed by atoms with Crippen LogP contribution >= 0.6 is 22.9 Å². The summed E-state index contributed by atoms with van der Waals surface area (Å²) in [5, 5.41) is 3.38. The molecule has 0 fully saturated rings. The minimum absolute atomic E-state index is 0.557. The maximum atomic E-state index is 5.83. The lowest BCUT2D eigenvalue weighted by Crippen LogP contribution is -2.27. The summed E-state index contributed by atoms with van der Waals surface area (Å²) >= 11 is 7.48. The van der Waals surface area contributed by atoms with Gasteiger partial charge in [-0.3, -0.25) is 0 Å². The monoisotopic (exact) mass is 232 g/mol. The summed E-state index contributed by atoms with van der Waals surface area (Å²) in [6.45, 7) is 4.89. The van der Waals surface area contributed by atoms with Gasteiger partial charge in [-0.05, 0) is 44.1 Å². The van der Waals surface area contributed by atoms with Gasteiger partial charge in [-0.2, -0.15) is 0 Å². The van der Waals surface area contributed by atoms with Gasteiger partial charge < -0.3 is 11.1 Å². The first-order chi connectivity index (χ1) is 6.72. The Balaban J connectivity index is 2.10. The molecule has 14 heavy (non-hydrogen) atoms. The van der Waals surface area contributed by atoms with Gasteiger partial charge in [0.25, 0.3) is 0 Å². The summed E-state index contributed by atoms with van der Waals surface area (Å²) in [7, 11) is 0. The number of thiophene rings is 1. The summed E-state index contributed by atoms with van der Waals surface area (Å²) in [5.74, 6) is 0.557. The zero-order valence-corrected chi connectivity index (χ0v) is 10.00. The Labute approximate surface area is 94.5 Å². The van der Waals surface area contributed by atoms with Crippen LogP contribution in [0.3, 0.4) is 0 Å². The Kier molecular flexibility index (Phi) is 5.48. The zero-order chi connectivity index (χ0) is 10.4. The fraction of sp³-hybridized carbons (Fsp3) is 0.600. The van der Waals surface area contributed by atoms with Crippen LogP contribution in [-0.4, -0.2) is 19.6 Å². The van der Waals surface area contributed by atoms with Gasteiger partial charge in [0.2, 0.25) is 0 Å². The van der Waals surface area contributed by atoms with Crippen molar-refractivity contribution in [1.29, 1.82) is 0 Å². The van der Waals surface area contributed by atoms with E-state index in [-0.39, 0.29) is 0 Å². The van der Waals surface area contributed by atoms with Gasteiger partial charge >= 0.3 is 0 Å². The Hall–Kier alpha value is -0.0900. The van der Waals surface area contributed by atoms with Crippen molar-refractivity contribution in [3.05, 3.63) is 21.3 Å². The van der Waals surface area contributed by atoms with Crippen molar-refractivity contribution >= 4 is 22.9 Å². The van der Waals surface area contributed by atoms with E-state index in [1.54, 1.807) is 11.3 Å². The summed E-state index contributed by atoms with van der Waals surface area (Å²) in [6, 6.07) is 4.03. The van der Waals surface area contributed by atoms with E-state index in [2.05, 4.69) is 18.3 Å². The van der Waals surface area contributed by atoms with Crippen LogP contribution in [0, 0.1) is 5.92 Å². The molecular formula is C10H17ClN2S. The molecule has 0 spiro atoms. The second-order valence-corrected chi connectivity index (χ2v) is 5.30. The molecule has 2 nitrogen and oxygen atoms in total. The third-order valence-electron chi connectivity index (χ3n) is 2.07. The Bertz CT molecular complexity index is 262. The molecule has 80 valence electrons. The largest absolute Gasteiger partial charge is 0.330 e. The lowest BCUT2D eigenvalue weighted by molar-refractivity contribution is 0.525. The first-order valence-electron chi connectivity index (χ1n) is 4.87. The first kappa shape index (κ1) is 12.0. The van der Waals surface area contributed by atoms with E-state index < -0.39 is 0 Å². The van der Waals surface area contributed by atoms with Crippen molar-refractivity contribution in [3.8, 4) is 0 Å². The molecule has 1 atom stereocenters. The van der Waals surface area contributed by atoms with Crippen LogP contribution in [0.2, 0.25) is 4.34 Å². The number of hydrogen-bond donors (Lipinski definition) is 2. The number of hydrogen-bond acceptors (Lipinski definition) is 3. The van der Waals surface area contributed by atoms with E-state index in [4.69, 9.17) is 17.3 Å². The van der Waals surface area contributed by atoms with E-state index in [9.17, 15) is 0 Å². The van der Waals surface area contributed by atoms with Crippen LogP contribution in [0.25, 0.3) is 0 Å². The zero-order valence-electron chi connectivity index (χ0n) is 8.42. The Morgan fingerprint density at radius 3 is 2.93 bits per heavy atom. The van der Waals surface area contributed by atoms with Crippen molar-refractivity contribution in [2.45, 2.75) is 13.3 Å². The molecule has 0 radical (unpaired) electrons.